The second-order valence-corrected chi connectivity index (χ2v) is 4.54. The summed E-state index contributed by atoms with van der Waals surface area (Å²) in [5.74, 6) is -0.364. The summed E-state index contributed by atoms with van der Waals surface area (Å²) in [5.41, 5.74) is 0.628. The van der Waals surface area contributed by atoms with E-state index >= 15 is 0 Å². The van der Waals surface area contributed by atoms with Gasteiger partial charge in [-0.25, -0.2) is 4.39 Å². The van der Waals surface area contributed by atoms with Gasteiger partial charge in [-0.15, -0.1) is 0 Å². The van der Waals surface area contributed by atoms with Crippen LogP contribution in [0.3, 0.4) is 0 Å². The van der Waals surface area contributed by atoms with Crippen molar-refractivity contribution in [1.82, 2.24) is 5.32 Å². The van der Waals surface area contributed by atoms with Crippen LogP contribution in [-0.2, 0) is 5.41 Å². The lowest BCUT2D eigenvalue weighted by atomic mass is 9.72. The first-order valence-corrected chi connectivity index (χ1v) is 5.79. The van der Waals surface area contributed by atoms with Gasteiger partial charge < -0.3 is 10.4 Å². The summed E-state index contributed by atoms with van der Waals surface area (Å²) in [6.45, 7) is 1.49. The van der Waals surface area contributed by atoms with Crippen LogP contribution >= 0.6 is 0 Å². The molecule has 1 fully saturated rings. The van der Waals surface area contributed by atoms with Gasteiger partial charge in [-0.05, 0) is 49.7 Å². The lowest BCUT2D eigenvalue weighted by Crippen LogP contribution is -2.43. The number of carbonyl (C=O) groups is 1. The molecule has 0 spiro atoms. The average molecular weight is 237 g/mol. The molecule has 2 rings (SSSR count). The average Bonchev–Trinajstić information content (AvgIpc) is 2.39. The molecule has 1 heterocycles. The molecular formula is C13H16FNO2. The Balaban J connectivity index is 2.48. The van der Waals surface area contributed by atoms with Gasteiger partial charge in [0.1, 0.15) is 12.1 Å². The number of aliphatic hydroxyl groups is 1. The third-order valence-electron chi connectivity index (χ3n) is 3.58. The van der Waals surface area contributed by atoms with Crippen LogP contribution in [0, 0.1) is 5.82 Å². The van der Waals surface area contributed by atoms with Gasteiger partial charge in [-0.2, -0.15) is 0 Å². The van der Waals surface area contributed by atoms with E-state index in [2.05, 4.69) is 5.32 Å². The van der Waals surface area contributed by atoms with E-state index in [0.717, 1.165) is 19.4 Å². The molecule has 0 aliphatic carbocycles. The third-order valence-corrected chi connectivity index (χ3v) is 3.58. The predicted octanol–water partition coefficient (Wildman–Crippen LogP) is 1.25. The van der Waals surface area contributed by atoms with Crippen molar-refractivity contribution in [3.05, 3.63) is 35.1 Å². The normalized spacial score (nSPS) is 18.9. The van der Waals surface area contributed by atoms with Crippen LogP contribution in [0.25, 0.3) is 0 Å². The van der Waals surface area contributed by atoms with Crippen LogP contribution < -0.4 is 5.32 Å². The summed E-state index contributed by atoms with van der Waals surface area (Å²) >= 11 is 0. The number of hydrogen-bond donors (Lipinski definition) is 2. The zero-order valence-corrected chi connectivity index (χ0v) is 9.58. The van der Waals surface area contributed by atoms with Crippen molar-refractivity contribution in [3.63, 3.8) is 0 Å². The molecule has 92 valence electrons. The number of piperidine rings is 1. The van der Waals surface area contributed by atoms with E-state index in [1.54, 1.807) is 0 Å². The van der Waals surface area contributed by atoms with Gasteiger partial charge in [-0.3, -0.25) is 4.79 Å². The second kappa shape index (κ2) is 4.94. The zero-order valence-electron chi connectivity index (χ0n) is 9.58. The molecule has 1 aliphatic rings. The molecule has 1 aromatic rings. The van der Waals surface area contributed by atoms with E-state index < -0.39 is 5.41 Å². The van der Waals surface area contributed by atoms with Crippen LogP contribution in [0.15, 0.2) is 18.2 Å². The van der Waals surface area contributed by atoms with Crippen LogP contribution in [0.4, 0.5) is 4.39 Å². The molecule has 3 nitrogen and oxygen atoms in total. The topological polar surface area (TPSA) is 49.3 Å². The molecule has 0 unspecified atom stereocenters. The summed E-state index contributed by atoms with van der Waals surface area (Å²) in [7, 11) is 0. The number of aldehydes is 1. The molecule has 1 saturated heterocycles. The van der Waals surface area contributed by atoms with Crippen molar-refractivity contribution in [1.29, 1.82) is 0 Å². The Morgan fingerprint density at radius 2 is 2.12 bits per heavy atom. The molecule has 4 heteroatoms. The van der Waals surface area contributed by atoms with E-state index in [1.807, 2.05) is 0 Å². The highest BCUT2D eigenvalue weighted by atomic mass is 19.1. The number of hydrogen-bond acceptors (Lipinski definition) is 3. The molecule has 1 aliphatic heterocycles. The molecule has 2 N–H and O–H groups in total. The monoisotopic (exact) mass is 237 g/mol. The molecule has 0 aromatic heterocycles. The summed E-state index contributed by atoms with van der Waals surface area (Å²) in [5, 5.41) is 12.8. The maximum Gasteiger partial charge on any atom is 0.150 e. The third kappa shape index (κ3) is 2.23. The quantitative estimate of drug-likeness (QED) is 0.778. The van der Waals surface area contributed by atoms with E-state index in [4.69, 9.17) is 0 Å². The molecule has 0 amide bonds. The summed E-state index contributed by atoms with van der Waals surface area (Å²) in [6.07, 6.45) is 2.16. The first kappa shape index (κ1) is 12.2. The van der Waals surface area contributed by atoms with E-state index in [-0.39, 0.29) is 12.4 Å². The molecule has 0 atom stereocenters. The van der Waals surface area contributed by atoms with Gasteiger partial charge in [0.2, 0.25) is 0 Å². The highest BCUT2D eigenvalue weighted by molar-refractivity contribution is 5.78. The van der Waals surface area contributed by atoms with Crippen molar-refractivity contribution >= 4 is 6.29 Å². The zero-order chi connectivity index (χ0) is 12.3. The molecule has 0 bridgehead atoms. The Labute approximate surface area is 99.7 Å². The molecule has 0 radical (unpaired) electrons. The predicted molar refractivity (Wildman–Crippen MR) is 62.7 cm³/mol. The van der Waals surface area contributed by atoms with E-state index in [1.165, 1.54) is 18.2 Å². The van der Waals surface area contributed by atoms with Gasteiger partial charge >= 0.3 is 0 Å². The number of aliphatic hydroxyl groups excluding tert-OH is 1. The van der Waals surface area contributed by atoms with E-state index in [0.29, 0.717) is 24.0 Å². The number of nitrogens with one attached hydrogen (secondary N) is 1. The Bertz CT molecular complexity index is 414. The van der Waals surface area contributed by atoms with Crippen LogP contribution in [-0.4, -0.2) is 31.1 Å². The van der Waals surface area contributed by atoms with Gasteiger partial charge in [0.15, 0.2) is 0 Å². The fourth-order valence-electron chi connectivity index (χ4n) is 2.51. The maximum atomic E-state index is 13.3. The maximum absolute atomic E-state index is 13.3. The number of rotatable bonds is 3. The van der Waals surface area contributed by atoms with Crippen molar-refractivity contribution in [3.8, 4) is 0 Å². The Morgan fingerprint density at radius 3 is 2.71 bits per heavy atom. The highest BCUT2D eigenvalue weighted by Crippen LogP contribution is 2.35. The van der Waals surface area contributed by atoms with Crippen LogP contribution in [0.5, 0.6) is 0 Å². The second-order valence-electron chi connectivity index (χ2n) is 4.54. The molecule has 0 saturated carbocycles. The van der Waals surface area contributed by atoms with Crippen molar-refractivity contribution in [2.24, 2.45) is 0 Å². The lowest BCUT2D eigenvalue weighted by molar-refractivity contribution is 0.111. The highest BCUT2D eigenvalue weighted by Gasteiger charge is 2.35. The SMILES string of the molecule is O=Cc1ccc(F)cc1C1(CO)CCNCC1. The molecular weight excluding hydrogens is 221 g/mol. The van der Waals surface area contributed by atoms with Crippen LogP contribution in [0.1, 0.15) is 28.8 Å². The molecule has 1 aromatic carbocycles. The van der Waals surface area contributed by atoms with Crippen molar-refractivity contribution < 1.29 is 14.3 Å². The van der Waals surface area contributed by atoms with Crippen LogP contribution in [0.2, 0.25) is 0 Å². The minimum absolute atomic E-state index is 0.0566. The Morgan fingerprint density at radius 1 is 1.41 bits per heavy atom. The van der Waals surface area contributed by atoms with Gasteiger partial charge in [0.05, 0.1) is 6.61 Å². The molecule has 17 heavy (non-hydrogen) atoms. The number of halogens is 1. The van der Waals surface area contributed by atoms with Gasteiger partial charge in [-0.1, -0.05) is 0 Å². The summed E-state index contributed by atoms with van der Waals surface area (Å²) in [4.78, 5) is 11.0. The van der Waals surface area contributed by atoms with Crippen molar-refractivity contribution in [2.45, 2.75) is 18.3 Å². The number of benzene rings is 1. The van der Waals surface area contributed by atoms with Gasteiger partial charge in [0, 0.05) is 11.0 Å². The lowest BCUT2D eigenvalue weighted by Gasteiger charge is -2.37. The minimum Gasteiger partial charge on any atom is -0.395 e. The standard InChI is InChI=1S/C13H16FNO2/c14-11-2-1-10(8-16)12(7-11)13(9-17)3-5-15-6-4-13/h1-2,7-8,15,17H,3-6,9H2. The first-order valence-electron chi connectivity index (χ1n) is 5.79. The fourth-order valence-corrected chi connectivity index (χ4v) is 2.51. The van der Waals surface area contributed by atoms with E-state index in [9.17, 15) is 14.3 Å². The smallest absolute Gasteiger partial charge is 0.150 e. The van der Waals surface area contributed by atoms with Crippen molar-refractivity contribution in [2.75, 3.05) is 19.7 Å². The van der Waals surface area contributed by atoms with Gasteiger partial charge in [0.25, 0.3) is 0 Å². The minimum atomic E-state index is -0.483. The Hall–Kier alpha value is -1.26. The first-order chi connectivity index (χ1) is 8.22. The summed E-state index contributed by atoms with van der Waals surface area (Å²) < 4.78 is 13.3. The largest absolute Gasteiger partial charge is 0.395 e. The Kier molecular flexibility index (Phi) is 3.54. The number of carbonyl (C=O) groups excluding carboxylic acids is 1. The summed E-state index contributed by atoms with van der Waals surface area (Å²) in [6, 6.07) is 4.14. The fraction of sp³-hybridized carbons (Fsp3) is 0.462.